The molecule has 128 valence electrons. The zero-order valence-electron chi connectivity index (χ0n) is 12.5. The van der Waals surface area contributed by atoms with Crippen LogP contribution in [0, 0.1) is 23.7 Å². The molecule has 0 amide bonds. The van der Waals surface area contributed by atoms with E-state index >= 15 is 0 Å². The Morgan fingerprint density at radius 2 is 1.82 bits per heavy atom. The monoisotopic (exact) mass is 340 g/mol. The average Bonchev–Trinajstić information content (AvgIpc) is 2.40. The molecule has 0 aromatic heterocycles. The van der Waals surface area contributed by atoms with Crippen LogP contribution in [0.5, 0.6) is 0 Å². The van der Waals surface area contributed by atoms with Crippen LogP contribution in [0.2, 0.25) is 0 Å². The van der Waals surface area contributed by atoms with Crippen molar-refractivity contribution in [2.24, 2.45) is 23.7 Å². The highest BCUT2D eigenvalue weighted by atomic mass is 32.2. The summed E-state index contributed by atoms with van der Waals surface area (Å²) in [6.07, 6.45) is 5.10. The van der Waals surface area contributed by atoms with Gasteiger partial charge >= 0.3 is 15.4 Å². The second kappa shape index (κ2) is 5.36. The number of methoxy groups -OCH3 is 1. The van der Waals surface area contributed by atoms with Gasteiger partial charge in [0.05, 0.1) is 12.2 Å². The van der Waals surface area contributed by atoms with E-state index in [0.717, 1.165) is 32.1 Å². The maximum absolute atomic E-state index is 13.2. The number of alkyl halides is 2. The van der Waals surface area contributed by atoms with Gasteiger partial charge in [-0.2, -0.15) is 17.2 Å². The van der Waals surface area contributed by atoms with Gasteiger partial charge in [-0.25, -0.2) is 0 Å². The van der Waals surface area contributed by atoms with Gasteiger partial charge in [-0.3, -0.25) is 4.55 Å². The number of halogens is 2. The van der Waals surface area contributed by atoms with Crippen molar-refractivity contribution in [3.63, 3.8) is 0 Å². The van der Waals surface area contributed by atoms with E-state index in [1.54, 1.807) is 7.11 Å². The fourth-order valence-corrected chi connectivity index (χ4v) is 5.20. The van der Waals surface area contributed by atoms with Crippen molar-refractivity contribution in [1.82, 2.24) is 0 Å². The smallest absolute Gasteiger partial charge is 0.378 e. The fraction of sp³-hybridized carbons (Fsp3) is 1.00. The van der Waals surface area contributed by atoms with E-state index in [4.69, 9.17) is 14.0 Å². The first-order chi connectivity index (χ1) is 10.2. The molecule has 8 heteroatoms. The molecule has 4 aliphatic carbocycles. The van der Waals surface area contributed by atoms with Crippen LogP contribution in [-0.4, -0.2) is 44.1 Å². The Bertz CT molecular complexity index is 519. The third-order valence-corrected chi connectivity index (χ3v) is 6.68. The Morgan fingerprint density at radius 1 is 1.23 bits per heavy atom. The zero-order chi connectivity index (χ0) is 16.2. The molecule has 0 heterocycles. The van der Waals surface area contributed by atoms with Crippen molar-refractivity contribution in [2.75, 3.05) is 20.3 Å². The molecule has 5 nitrogen and oxygen atoms in total. The maximum atomic E-state index is 13.2. The van der Waals surface area contributed by atoms with Crippen LogP contribution < -0.4 is 0 Å². The summed E-state index contributed by atoms with van der Waals surface area (Å²) in [5, 5.41) is -4.24. The van der Waals surface area contributed by atoms with Gasteiger partial charge in [0.1, 0.15) is 6.61 Å². The molecule has 4 fully saturated rings. The summed E-state index contributed by atoms with van der Waals surface area (Å²) in [7, 11) is -3.68. The predicted molar refractivity (Wildman–Crippen MR) is 74.1 cm³/mol. The Morgan fingerprint density at radius 3 is 2.32 bits per heavy atom. The molecule has 0 saturated heterocycles. The van der Waals surface area contributed by atoms with Crippen molar-refractivity contribution in [3.05, 3.63) is 0 Å². The van der Waals surface area contributed by atoms with Gasteiger partial charge in [0.2, 0.25) is 0 Å². The third-order valence-electron chi connectivity index (χ3n) is 5.80. The predicted octanol–water partition coefficient (Wildman–Crippen LogP) is 2.32. The van der Waals surface area contributed by atoms with Crippen LogP contribution in [0.25, 0.3) is 0 Å². The van der Waals surface area contributed by atoms with Crippen LogP contribution >= 0.6 is 0 Å². The minimum Gasteiger partial charge on any atom is -0.378 e. The van der Waals surface area contributed by atoms with Gasteiger partial charge in [0.25, 0.3) is 0 Å². The van der Waals surface area contributed by atoms with Crippen LogP contribution in [0.15, 0.2) is 0 Å². The summed E-state index contributed by atoms with van der Waals surface area (Å²) in [6.45, 7) is -1.17. The van der Waals surface area contributed by atoms with Crippen LogP contribution in [0.4, 0.5) is 8.78 Å². The summed E-state index contributed by atoms with van der Waals surface area (Å²) in [5.74, 6) is 1.61. The Kier molecular flexibility index (Phi) is 4.03. The molecule has 4 rings (SSSR count). The van der Waals surface area contributed by atoms with Crippen molar-refractivity contribution in [1.29, 1.82) is 0 Å². The van der Waals surface area contributed by atoms with Crippen molar-refractivity contribution in [3.8, 4) is 0 Å². The first-order valence-corrected chi connectivity index (χ1v) is 9.07. The summed E-state index contributed by atoms with van der Waals surface area (Å²) in [6, 6.07) is 0. The number of rotatable bonds is 6. The molecule has 4 aliphatic rings. The van der Waals surface area contributed by atoms with Crippen molar-refractivity contribution < 1.29 is 31.2 Å². The lowest BCUT2D eigenvalue weighted by Crippen LogP contribution is -2.56. The van der Waals surface area contributed by atoms with Crippen molar-refractivity contribution >= 4 is 10.1 Å². The van der Waals surface area contributed by atoms with Gasteiger partial charge in [-0.1, -0.05) is 0 Å². The molecule has 1 N–H and O–H groups in total. The lowest BCUT2D eigenvalue weighted by atomic mass is 9.50. The van der Waals surface area contributed by atoms with Crippen molar-refractivity contribution in [2.45, 2.75) is 43.0 Å². The van der Waals surface area contributed by atoms with E-state index in [2.05, 4.69) is 0 Å². The van der Waals surface area contributed by atoms with Gasteiger partial charge in [0.15, 0.2) is 0 Å². The van der Waals surface area contributed by atoms with Crippen LogP contribution in [-0.2, 0) is 19.6 Å². The summed E-state index contributed by atoms with van der Waals surface area (Å²) >= 11 is 0. The zero-order valence-corrected chi connectivity index (χ0v) is 13.3. The molecular formula is C14H22F2O5S. The minimum absolute atomic E-state index is 0.0502. The SMILES string of the molecule is COC12CC3CC(C1)C(COCC(F)(F)S(=O)(=O)O)C(C3)C2. The summed E-state index contributed by atoms with van der Waals surface area (Å²) in [4.78, 5) is 0. The third kappa shape index (κ3) is 2.79. The first kappa shape index (κ1) is 16.5. The summed E-state index contributed by atoms with van der Waals surface area (Å²) < 4.78 is 66.7. The highest BCUT2D eigenvalue weighted by molar-refractivity contribution is 7.86. The molecular weight excluding hydrogens is 318 g/mol. The maximum Gasteiger partial charge on any atom is 0.392 e. The molecule has 2 unspecified atom stereocenters. The standard InChI is InChI=1S/C14H22F2O5S/c1-20-13-4-9-2-10(5-13)12(11(3-9)6-13)7-21-8-14(15,16)22(17,18)19/h9-12H,2-8H2,1H3,(H,17,18,19). The van der Waals surface area contributed by atoms with Gasteiger partial charge in [0, 0.05) is 7.11 Å². The molecule has 0 spiro atoms. The second-order valence-corrected chi connectivity index (χ2v) is 8.70. The Balaban J connectivity index is 1.59. The van der Waals surface area contributed by atoms with Gasteiger partial charge in [-0.05, 0) is 55.8 Å². The topological polar surface area (TPSA) is 72.8 Å². The lowest BCUT2D eigenvalue weighted by molar-refractivity contribution is -0.181. The first-order valence-electron chi connectivity index (χ1n) is 7.63. The highest BCUT2D eigenvalue weighted by Gasteiger charge is 2.55. The highest BCUT2D eigenvalue weighted by Crippen LogP contribution is 2.59. The molecule has 4 bridgehead atoms. The summed E-state index contributed by atoms with van der Waals surface area (Å²) in [5.41, 5.74) is -0.0502. The van der Waals surface area contributed by atoms with Gasteiger partial charge in [-0.15, -0.1) is 0 Å². The van der Waals surface area contributed by atoms with Crippen LogP contribution in [0.3, 0.4) is 0 Å². The number of ether oxygens (including phenoxy) is 2. The van der Waals surface area contributed by atoms with E-state index in [1.807, 2.05) is 0 Å². The minimum atomic E-state index is -5.42. The Labute approximate surface area is 129 Å². The molecule has 4 saturated carbocycles. The molecule has 0 aliphatic heterocycles. The molecule has 0 aromatic carbocycles. The normalized spacial score (nSPS) is 41.1. The number of hydrogen-bond acceptors (Lipinski definition) is 4. The van der Waals surface area contributed by atoms with E-state index in [0.29, 0.717) is 17.8 Å². The average molecular weight is 340 g/mol. The van der Waals surface area contributed by atoms with E-state index < -0.39 is 22.0 Å². The molecule has 2 atom stereocenters. The second-order valence-electron chi connectivity index (χ2n) is 7.15. The molecule has 0 aromatic rings. The van der Waals surface area contributed by atoms with E-state index in [-0.39, 0.29) is 18.1 Å². The quantitative estimate of drug-likeness (QED) is 0.751. The largest absolute Gasteiger partial charge is 0.392 e. The number of hydrogen-bond donors (Lipinski definition) is 1. The van der Waals surface area contributed by atoms with E-state index in [1.165, 1.54) is 0 Å². The Hall–Kier alpha value is -0.310. The van der Waals surface area contributed by atoms with E-state index in [9.17, 15) is 17.2 Å². The fourth-order valence-electron chi connectivity index (χ4n) is 4.97. The molecule has 22 heavy (non-hydrogen) atoms. The van der Waals surface area contributed by atoms with Crippen LogP contribution in [0.1, 0.15) is 32.1 Å². The molecule has 0 radical (unpaired) electrons. The van der Waals surface area contributed by atoms with Gasteiger partial charge < -0.3 is 9.47 Å². The lowest BCUT2D eigenvalue weighted by Gasteiger charge is -2.59.